The van der Waals surface area contributed by atoms with E-state index in [1.807, 2.05) is 91.0 Å². The van der Waals surface area contributed by atoms with Crippen LogP contribution in [0.25, 0.3) is 0 Å². The lowest BCUT2D eigenvalue weighted by Crippen LogP contribution is -2.37. The number of nitrogens with zero attached hydrogens (tertiary/aromatic N) is 2. The molecule has 1 aliphatic rings. The van der Waals surface area contributed by atoms with Crippen LogP contribution in [0.1, 0.15) is 29.3 Å². The second-order valence-electron chi connectivity index (χ2n) is 8.71. The first-order valence-electron chi connectivity index (χ1n) is 11.8. The Morgan fingerprint density at radius 1 is 0.889 bits per heavy atom. The van der Waals surface area contributed by atoms with Crippen LogP contribution in [0.5, 0.6) is 0 Å². The first-order chi connectivity index (χ1) is 17.6. The molecule has 4 aromatic rings. The summed E-state index contributed by atoms with van der Waals surface area (Å²) in [5.41, 5.74) is 0.842. The molecule has 0 amide bonds. The third-order valence-corrected chi connectivity index (χ3v) is 6.57. The molecule has 1 fully saturated rings. The average Bonchev–Trinajstić information content (AvgIpc) is 3.34. The molecule has 0 saturated carbocycles. The van der Waals surface area contributed by atoms with Crippen molar-refractivity contribution in [3.63, 3.8) is 0 Å². The quantitative estimate of drug-likeness (QED) is 0.405. The smallest absolute Gasteiger partial charge is 0.330 e. The fourth-order valence-corrected chi connectivity index (χ4v) is 4.82. The molecule has 1 saturated heterocycles. The van der Waals surface area contributed by atoms with Crippen LogP contribution in [-0.4, -0.2) is 22.3 Å². The van der Waals surface area contributed by atoms with E-state index in [-0.39, 0.29) is 6.61 Å². The Labute approximate surface area is 208 Å². The number of nitriles is 1. The molecular formula is C29H25N3O4. The van der Waals surface area contributed by atoms with Crippen LogP contribution in [0.4, 0.5) is 0 Å². The summed E-state index contributed by atoms with van der Waals surface area (Å²) < 4.78 is 14.3. The van der Waals surface area contributed by atoms with Gasteiger partial charge in [0.05, 0.1) is 24.7 Å². The van der Waals surface area contributed by atoms with Gasteiger partial charge in [0, 0.05) is 18.7 Å². The predicted molar refractivity (Wildman–Crippen MR) is 134 cm³/mol. The van der Waals surface area contributed by atoms with Crippen molar-refractivity contribution in [1.82, 2.24) is 9.55 Å². The maximum absolute atomic E-state index is 12.3. The molecule has 7 heteroatoms. The van der Waals surface area contributed by atoms with Gasteiger partial charge in [0.25, 0.3) is 5.56 Å². The monoisotopic (exact) mass is 479 g/mol. The Kier molecular flexibility index (Phi) is 6.63. The van der Waals surface area contributed by atoms with E-state index in [0.717, 1.165) is 16.7 Å². The van der Waals surface area contributed by atoms with Gasteiger partial charge in [-0.1, -0.05) is 91.0 Å². The zero-order valence-corrected chi connectivity index (χ0v) is 19.5. The van der Waals surface area contributed by atoms with Crippen molar-refractivity contribution in [2.45, 2.75) is 24.4 Å². The highest BCUT2D eigenvalue weighted by Gasteiger charge is 2.42. The zero-order valence-electron chi connectivity index (χ0n) is 19.5. The molecule has 0 radical (unpaired) electrons. The third-order valence-electron chi connectivity index (χ3n) is 6.57. The molecule has 1 aromatic heterocycles. The number of aromatic nitrogens is 2. The lowest BCUT2D eigenvalue weighted by atomic mass is 9.80. The molecule has 1 N–H and O–H groups in total. The van der Waals surface area contributed by atoms with Crippen LogP contribution in [0.15, 0.2) is 113 Å². The average molecular weight is 480 g/mol. The second-order valence-corrected chi connectivity index (χ2v) is 8.71. The van der Waals surface area contributed by atoms with E-state index in [1.54, 1.807) is 0 Å². The van der Waals surface area contributed by atoms with Gasteiger partial charge in [-0.25, -0.2) is 4.79 Å². The van der Waals surface area contributed by atoms with E-state index >= 15 is 0 Å². The van der Waals surface area contributed by atoms with E-state index < -0.39 is 35.1 Å². The highest BCUT2D eigenvalue weighted by molar-refractivity contribution is 5.47. The maximum atomic E-state index is 12.3. The van der Waals surface area contributed by atoms with Crippen LogP contribution in [0.3, 0.4) is 0 Å². The molecule has 1 aliphatic heterocycles. The van der Waals surface area contributed by atoms with E-state index in [2.05, 4.69) is 11.1 Å². The summed E-state index contributed by atoms with van der Waals surface area (Å²) in [5, 5.41) is 9.86. The normalized spacial score (nSPS) is 19.6. The molecule has 0 spiro atoms. The lowest BCUT2D eigenvalue weighted by Gasteiger charge is -2.37. The molecule has 1 unspecified atom stereocenters. The Morgan fingerprint density at radius 2 is 1.42 bits per heavy atom. The first kappa shape index (κ1) is 23.5. The third kappa shape index (κ3) is 4.40. The highest BCUT2D eigenvalue weighted by atomic mass is 16.6. The van der Waals surface area contributed by atoms with E-state index in [0.29, 0.717) is 6.42 Å². The van der Waals surface area contributed by atoms with Gasteiger partial charge >= 0.3 is 5.69 Å². The fraction of sp³-hybridized carbons (Fsp3) is 0.207. The largest absolute Gasteiger partial charge is 0.358 e. The molecule has 5 rings (SSSR count). The summed E-state index contributed by atoms with van der Waals surface area (Å²) in [6, 6.07) is 33.5. The topological polar surface area (TPSA) is 97.1 Å². The van der Waals surface area contributed by atoms with Crippen LogP contribution in [-0.2, 0) is 15.1 Å². The van der Waals surface area contributed by atoms with Gasteiger partial charge < -0.3 is 9.47 Å². The number of hydrogen-bond acceptors (Lipinski definition) is 5. The molecule has 180 valence electrons. The second kappa shape index (κ2) is 10.2. The summed E-state index contributed by atoms with van der Waals surface area (Å²) >= 11 is 0. The van der Waals surface area contributed by atoms with Gasteiger partial charge in [-0.05, 0) is 16.7 Å². The van der Waals surface area contributed by atoms with Gasteiger partial charge in [0.2, 0.25) is 0 Å². The minimum Gasteiger partial charge on any atom is -0.358 e. The fourth-order valence-electron chi connectivity index (χ4n) is 4.82. The van der Waals surface area contributed by atoms with Crippen LogP contribution in [0, 0.1) is 17.2 Å². The van der Waals surface area contributed by atoms with Crippen molar-refractivity contribution < 1.29 is 9.47 Å². The van der Waals surface area contributed by atoms with E-state index in [9.17, 15) is 14.9 Å². The van der Waals surface area contributed by atoms with Crippen molar-refractivity contribution in [3.8, 4) is 6.07 Å². The Hall–Kier alpha value is -4.25. The lowest BCUT2D eigenvalue weighted by molar-refractivity contribution is -0.0815. The molecule has 0 bridgehead atoms. The van der Waals surface area contributed by atoms with Crippen molar-refractivity contribution in [1.29, 1.82) is 5.26 Å². The molecule has 36 heavy (non-hydrogen) atoms. The van der Waals surface area contributed by atoms with Gasteiger partial charge in [-0.3, -0.25) is 14.3 Å². The van der Waals surface area contributed by atoms with Gasteiger partial charge in [-0.2, -0.15) is 5.26 Å². The van der Waals surface area contributed by atoms with Gasteiger partial charge in [0.15, 0.2) is 0 Å². The van der Waals surface area contributed by atoms with Gasteiger partial charge in [-0.15, -0.1) is 0 Å². The minimum atomic E-state index is -0.944. The molecule has 2 heterocycles. The Balaban J connectivity index is 1.52. The van der Waals surface area contributed by atoms with Crippen LogP contribution < -0.4 is 11.2 Å². The van der Waals surface area contributed by atoms with Crippen LogP contribution >= 0.6 is 0 Å². The van der Waals surface area contributed by atoms with Crippen molar-refractivity contribution in [2.24, 2.45) is 5.92 Å². The van der Waals surface area contributed by atoms with E-state index in [1.165, 1.54) is 16.8 Å². The summed E-state index contributed by atoms with van der Waals surface area (Å²) in [6.07, 6.45) is 0.457. The summed E-state index contributed by atoms with van der Waals surface area (Å²) in [6.45, 7) is 0.117. The van der Waals surface area contributed by atoms with E-state index in [4.69, 9.17) is 9.47 Å². The zero-order chi connectivity index (χ0) is 25.0. The first-order valence-corrected chi connectivity index (χ1v) is 11.8. The highest BCUT2D eigenvalue weighted by Crippen LogP contribution is 2.42. The Bertz CT molecular complexity index is 1360. The number of nitrogens with one attached hydrogen (secondary N) is 1. The number of rotatable bonds is 7. The molecule has 3 aromatic carbocycles. The number of aromatic amines is 1. The standard InChI is InChI=1S/C29H25N3O4/c30-19-21-18-27(32-17-16-26(33)31-28(32)34)36-25(21)20-35-29(22-10-4-1-5-11-22,23-12-6-2-7-13-23)24-14-8-3-9-15-24/h1-17,21,25,27H,18,20H2,(H,31,33,34)/t21?,25-,27-/m0/s1. The Morgan fingerprint density at radius 3 is 1.89 bits per heavy atom. The molecule has 0 aliphatic carbocycles. The number of H-pyrrole nitrogens is 1. The van der Waals surface area contributed by atoms with Crippen molar-refractivity contribution in [3.05, 3.63) is 141 Å². The van der Waals surface area contributed by atoms with Crippen LogP contribution in [0.2, 0.25) is 0 Å². The molecule has 3 atom stereocenters. The van der Waals surface area contributed by atoms with Crippen molar-refractivity contribution in [2.75, 3.05) is 6.61 Å². The summed E-state index contributed by atoms with van der Waals surface area (Å²) in [7, 11) is 0. The minimum absolute atomic E-state index is 0.117. The number of benzene rings is 3. The van der Waals surface area contributed by atoms with Crippen molar-refractivity contribution >= 4 is 0 Å². The summed E-state index contributed by atoms with van der Waals surface area (Å²) in [5.74, 6) is -0.492. The molecular weight excluding hydrogens is 454 g/mol. The van der Waals surface area contributed by atoms with Gasteiger partial charge in [0.1, 0.15) is 11.8 Å². The number of hydrogen-bond donors (Lipinski definition) is 1. The molecule has 7 nitrogen and oxygen atoms in total. The maximum Gasteiger partial charge on any atom is 0.330 e. The predicted octanol–water partition coefficient (Wildman–Crippen LogP) is 3.97. The SMILES string of the molecule is N#CC1C[C@@H](n2ccc(=O)[nH]c2=O)O[C@H]1COC(c1ccccc1)(c1ccccc1)c1ccccc1. The summed E-state index contributed by atoms with van der Waals surface area (Å²) in [4.78, 5) is 26.0. The number of ether oxygens (including phenoxy) is 2.